The molecule has 194 valence electrons. The van der Waals surface area contributed by atoms with Crippen LogP contribution in [-0.2, 0) is 13.0 Å². The Balaban J connectivity index is 1.83. The maximum atomic E-state index is 15.1. The maximum Gasteiger partial charge on any atom is 0.394 e. The molecule has 0 radical (unpaired) electrons. The molecule has 0 aliphatic heterocycles. The molecule has 1 amide bonds. The van der Waals surface area contributed by atoms with Crippen molar-refractivity contribution in [3.8, 4) is 11.3 Å². The van der Waals surface area contributed by atoms with Crippen LogP contribution in [0.15, 0.2) is 18.2 Å². The van der Waals surface area contributed by atoms with Crippen molar-refractivity contribution in [3.63, 3.8) is 0 Å². The summed E-state index contributed by atoms with van der Waals surface area (Å²) < 4.78 is 56.2. The number of aromatic nitrogens is 2. The third kappa shape index (κ3) is 6.00. The monoisotopic (exact) mass is 517 g/mol. The van der Waals surface area contributed by atoms with E-state index < -0.39 is 28.9 Å². The zero-order valence-electron chi connectivity index (χ0n) is 20.4. The van der Waals surface area contributed by atoms with Crippen molar-refractivity contribution in [2.24, 2.45) is 11.3 Å². The van der Waals surface area contributed by atoms with E-state index in [1.807, 2.05) is 0 Å². The highest BCUT2D eigenvalue weighted by Gasteiger charge is 2.47. The van der Waals surface area contributed by atoms with E-state index in [0.29, 0.717) is 18.8 Å². The van der Waals surface area contributed by atoms with Crippen LogP contribution >= 0.6 is 11.6 Å². The number of rotatable bonds is 7. The van der Waals surface area contributed by atoms with E-state index >= 15 is 4.39 Å². The number of alkyl halides is 3. The Labute approximate surface area is 207 Å². The van der Waals surface area contributed by atoms with E-state index in [2.05, 4.69) is 17.3 Å². The zero-order chi connectivity index (χ0) is 26.2. The summed E-state index contributed by atoms with van der Waals surface area (Å²) in [5, 5.41) is 17.6. The topological polar surface area (TPSA) is 67.2 Å². The van der Waals surface area contributed by atoms with Crippen molar-refractivity contribution in [1.29, 1.82) is 0 Å². The van der Waals surface area contributed by atoms with Crippen molar-refractivity contribution in [1.82, 2.24) is 15.1 Å². The van der Waals surface area contributed by atoms with Gasteiger partial charge in [0.2, 0.25) is 0 Å². The number of hydrogen-bond acceptors (Lipinski definition) is 3. The first-order valence-electron chi connectivity index (χ1n) is 11.8. The molecule has 1 aliphatic carbocycles. The number of benzene rings is 1. The molecule has 3 rings (SSSR count). The zero-order valence-corrected chi connectivity index (χ0v) is 21.2. The molecule has 1 fully saturated rings. The molecular weight excluding hydrogens is 486 g/mol. The summed E-state index contributed by atoms with van der Waals surface area (Å²) in [6.45, 7) is 6.35. The summed E-state index contributed by atoms with van der Waals surface area (Å²) in [5.41, 5.74) is -2.70. The molecule has 2 aromatic rings. The van der Waals surface area contributed by atoms with Gasteiger partial charge in [-0.05, 0) is 62.6 Å². The Bertz CT molecular complexity index is 1070. The van der Waals surface area contributed by atoms with Gasteiger partial charge in [0.05, 0.1) is 21.7 Å². The van der Waals surface area contributed by atoms with E-state index in [1.165, 1.54) is 16.8 Å². The Kier molecular flexibility index (Phi) is 7.91. The van der Waals surface area contributed by atoms with Gasteiger partial charge >= 0.3 is 6.18 Å². The van der Waals surface area contributed by atoms with E-state index in [4.69, 9.17) is 11.6 Å². The smallest absolute Gasteiger partial charge is 0.388 e. The fraction of sp³-hybridized carbons (Fsp3) is 0.600. The largest absolute Gasteiger partial charge is 0.394 e. The molecule has 0 saturated heterocycles. The summed E-state index contributed by atoms with van der Waals surface area (Å²) in [6.07, 6.45) is -1.91. The molecule has 1 aromatic carbocycles. The molecule has 5 nitrogen and oxygen atoms in total. The predicted molar refractivity (Wildman–Crippen MR) is 127 cm³/mol. The molecule has 1 saturated carbocycles. The van der Waals surface area contributed by atoms with Crippen molar-refractivity contribution in [2.45, 2.75) is 78.1 Å². The van der Waals surface area contributed by atoms with Crippen molar-refractivity contribution in [2.75, 3.05) is 6.54 Å². The number of nitrogens with one attached hydrogen (secondary N) is 1. The quantitative estimate of drug-likeness (QED) is 0.432. The number of amides is 1. The van der Waals surface area contributed by atoms with Gasteiger partial charge in [-0.1, -0.05) is 38.4 Å². The highest BCUT2D eigenvalue weighted by atomic mass is 35.5. The van der Waals surface area contributed by atoms with Crippen LogP contribution < -0.4 is 5.32 Å². The minimum atomic E-state index is -4.43. The van der Waals surface area contributed by atoms with E-state index in [-0.39, 0.29) is 47.0 Å². The van der Waals surface area contributed by atoms with Gasteiger partial charge in [0.1, 0.15) is 5.82 Å². The van der Waals surface area contributed by atoms with Gasteiger partial charge in [-0.25, -0.2) is 4.39 Å². The number of aryl methyl sites for hydroxylation is 1. The first-order valence-corrected chi connectivity index (χ1v) is 12.2. The molecule has 1 aliphatic rings. The lowest BCUT2D eigenvalue weighted by molar-refractivity contribution is -0.211. The standard InChI is InChI=1S/C25H32ClF4N3O2/c1-5-33-21(17-7-6-16(12-18(17)27)13-23(3,4)25(28,29)30)19(26)20(32-33)22(34)31-14-24(35)10-8-15(2)9-11-24/h6-7,12,15,35H,5,8-11,13-14H2,1-4H3,(H,31,34). The lowest BCUT2D eigenvalue weighted by atomic mass is 9.79. The van der Waals surface area contributed by atoms with E-state index in [9.17, 15) is 23.1 Å². The van der Waals surface area contributed by atoms with E-state index in [1.54, 1.807) is 6.92 Å². The van der Waals surface area contributed by atoms with Crippen LogP contribution in [-0.4, -0.2) is 39.1 Å². The Morgan fingerprint density at radius 2 is 1.91 bits per heavy atom. The molecule has 2 N–H and O–H groups in total. The molecule has 1 heterocycles. The number of halogens is 5. The summed E-state index contributed by atoms with van der Waals surface area (Å²) >= 11 is 6.47. The summed E-state index contributed by atoms with van der Waals surface area (Å²) in [7, 11) is 0. The van der Waals surface area contributed by atoms with Gasteiger partial charge in [-0.15, -0.1) is 0 Å². The van der Waals surface area contributed by atoms with Gasteiger partial charge in [0.25, 0.3) is 5.91 Å². The molecule has 0 spiro atoms. The van der Waals surface area contributed by atoms with Crippen LogP contribution in [0.5, 0.6) is 0 Å². The molecule has 10 heteroatoms. The Morgan fingerprint density at radius 3 is 2.46 bits per heavy atom. The van der Waals surface area contributed by atoms with Crippen molar-refractivity contribution in [3.05, 3.63) is 40.3 Å². The van der Waals surface area contributed by atoms with Crippen molar-refractivity contribution >= 4 is 17.5 Å². The number of carbonyl (C=O) groups is 1. The van der Waals surface area contributed by atoms with Crippen LogP contribution in [0.25, 0.3) is 11.3 Å². The van der Waals surface area contributed by atoms with Crippen LogP contribution in [0, 0.1) is 17.2 Å². The lowest BCUT2D eigenvalue weighted by Crippen LogP contribution is -2.45. The van der Waals surface area contributed by atoms with Crippen LogP contribution in [0.2, 0.25) is 5.02 Å². The molecule has 0 bridgehead atoms. The average molecular weight is 518 g/mol. The minimum absolute atomic E-state index is 0.0388. The molecule has 0 unspecified atom stereocenters. The number of aliphatic hydroxyl groups is 1. The summed E-state index contributed by atoms with van der Waals surface area (Å²) in [6, 6.07) is 3.85. The highest BCUT2D eigenvalue weighted by Crippen LogP contribution is 2.41. The fourth-order valence-electron chi connectivity index (χ4n) is 4.35. The summed E-state index contributed by atoms with van der Waals surface area (Å²) in [4.78, 5) is 12.8. The third-order valence-corrected chi connectivity index (χ3v) is 7.25. The number of nitrogens with zero attached hydrogens (tertiary/aromatic N) is 2. The molecule has 1 aromatic heterocycles. The maximum absolute atomic E-state index is 15.1. The second kappa shape index (κ2) is 10.1. The highest BCUT2D eigenvalue weighted by molar-refractivity contribution is 6.36. The Hall–Kier alpha value is -2.13. The van der Waals surface area contributed by atoms with Gasteiger partial charge in [0, 0.05) is 18.7 Å². The summed E-state index contributed by atoms with van der Waals surface area (Å²) in [5.74, 6) is -0.807. The van der Waals surface area contributed by atoms with Gasteiger partial charge in [0.15, 0.2) is 5.69 Å². The second-order valence-corrected chi connectivity index (χ2v) is 10.7. The SMILES string of the molecule is CCn1nc(C(=O)NCC2(O)CCC(C)CC2)c(Cl)c1-c1ccc(CC(C)(C)C(F)(F)F)cc1F. The Morgan fingerprint density at radius 1 is 1.29 bits per heavy atom. The molecule has 35 heavy (non-hydrogen) atoms. The van der Waals surface area contributed by atoms with Crippen LogP contribution in [0.3, 0.4) is 0 Å². The fourth-order valence-corrected chi connectivity index (χ4v) is 4.67. The average Bonchev–Trinajstić information content (AvgIpc) is 3.10. The van der Waals surface area contributed by atoms with Crippen molar-refractivity contribution < 1.29 is 27.5 Å². The third-order valence-electron chi connectivity index (χ3n) is 6.89. The van der Waals surface area contributed by atoms with Gasteiger partial charge < -0.3 is 10.4 Å². The molecule has 0 atom stereocenters. The minimum Gasteiger partial charge on any atom is -0.388 e. The second-order valence-electron chi connectivity index (χ2n) is 10.3. The normalized spacial score (nSPS) is 21.3. The van der Waals surface area contributed by atoms with E-state index in [0.717, 1.165) is 32.8 Å². The van der Waals surface area contributed by atoms with Gasteiger partial charge in [-0.2, -0.15) is 18.3 Å². The first kappa shape index (κ1) is 27.5. The van der Waals surface area contributed by atoms with Gasteiger partial charge in [-0.3, -0.25) is 9.48 Å². The number of hydrogen-bond donors (Lipinski definition) is 2. The number of carbonyl (C=O) groups excluding carboxylic acids is 1. The molecular formula is C25H32ClF4N3O2. The predicted octanol–water partition coefficient (Wildman–Crippen LogP) is 6.16. The van der Waals surface area contributed by atoms with Crippen LogP contribution in [0.1, 0.15) is 69.4 Å². The lowest BCUT2D eigenvalue weighted by Gasteiger charge is -2.34. The first-order chi connectivity index (χ1) is 16.2. The van der Waals surface area contributed by atoms with Crippen LogP contribution in [0.4, 0.5) is 17.6 Å².